The molecule has 2 aromatic heterocycles. The van der Waals surface area contributed by atoms with Crippen LogP contribution in [0.2, 0.25) is 0 Å². The molecule has 4 heterocycles. The first-order valence-electron chi connectivity index (χ1n) is 11.4. The van der Waals surface area contributed by atoms with Gasteiger partial charge in [-0.15, -0.1) is 0 Å². The standard InChI is InChI=1S/C25H31N5O/c1-17-5-6-22-21(13-17)20(15-26-22)16-30-10-4-7-25(23(30)31)8-11-29(12-9-25)24-27-18(2)14-19(3)28-24/h5-6,13-15,26H,4,7-12,16H2,1-3H3. The first-order chi connectivity index (χ1) is 14.9. The van der Waals surface area contributed by atoms with Crippen LogP contribution in [-0.4, -0.2) is 45.4 Å². The van der Waals surface area contributed by atoms with Crippen molar-refractivity contribution in [1.29, 1.82) is 0 Å². The van der Waals surface area contributed by atoms with E-state index < -0.39 is 0 Å². The zero-order valence-corrected chi connectivity index (χ0v) is 18.7. The Balaban J connectivity index is 1.32. The molecule has 1 aromatic carbocycles. The monoisotopic (exact) mass is 417 g/mol. The fourth-order valence-electron chi connectivity index (χ4n) is 5.38. The van der Waals surface area contributed by atoms with Gasteiger partial charge < -0.3 is 14.8 Å². The Morgan fingerprint density at radius 3 is 2.48 bits per heavy atom. The molecule has 0 aliphatic carbocycles. The number of piperidine rings is 2. The minimum absolute atomic E-state index is 0.227. The summed E-state index contributed by atoms with van der Waals surface area (Å²) in [5.74, 6) is 1.14. The number of nitrogens with zero attached hydrogens (tertiary/aromatic N) is 4. The van der Waals surface area contributed by atoms with Gasteiger partial charge in [0.25, 0.3) is 0 Å². The van der Waals surface area contributed by atoms with Gasteiger partial charge >= 0.3 is 0 Å². The van der Waals surface area contributed by atoms with Crippen LogP contribution in [0.5, 0.6) is 0 Å². The zero-order chi connectivity index (χ0) is 21.6. The third-order valence-corrected chi connectivity index (χ3v) is 7.08. The lowest BCUT2D eigenvalue weighted by Gasteiger charge is -2.46. The molecule has 31 heavy (non-hydrogen) atoms. The summed E-state index contributed by atoms with van der Waals surface area (Å²) in [6.07, 6.45) is 5.90. The van der Waals surface area contributed by atoms with Gasteiger partial charge in [0, 0.05) is 54.7 Å². The average molecular weight is 418 g/mol. The molecule has 6 nitrogen and oxygen atoms in total. The largest absolute Gasteiger partial charge is 0.361 e. The molecule has 1 spiro atoms. The number of benzene rings is 1. The van der Waals surface area contributed by atoms with Crippen LogP contribution >= 0.6 is 0 Å². The summed E-state index contributed by atoms with van der Waals surface area (Å²) in [6.45, 7) is 9.36. The Labute approximate surface area is 183 Å². The number of hydrogen-bond donors (Lipinski definition) is 1. The van der Waals surface area contributed by atoms with E-state index >= 15 is 0 Å². The number of carbonyl (C=O) groups is 1. The molecule has 0 saturated carbocycles. The van der Waals surface area contributed by atoms with Crippen LogP contribution in [0.25, 0.3) is 10.9 Å². The molecule has 5 rings (SSSR count). The second kappa shape index (κ2) is 7.66. The molecule has 6 heteroatoms. The van der Waals surface area contributed by atoms with E-state index in [0.717, 1.165) is 68.2 Å². The smallest absolute Gasteiger partial charge is 0.229 e. The first-order valence-corrected chi connectivity index (χ1v) is 11.4. The molecule has 0 bridgehead atoms. The number of likely N-dealkylation sites (tertiary alicyclic amines) is 1. The molecule has 0 radical (unpaired) electrons. The van der Waals surface area contributed by atoms with Crippen LogP contribution in [0.4, 0.5) is 5.95 Å². The topological polar surface area (TPSA) is 65.1 Å². The minimum atomic E-state index is -0.227. The highest BCUT2D eigenvalue weighted by molar-refractivity contribution is 5.86. The highest BCUT2D eigenvalue weighted by atomic mass is 16.2. The van der Waals surface area contributed by atoms with E-state index in [1.807, 2.05) is 19.9 Å². The van der Waals surface area contributed by atoms with E-state index in [9.17, 15) is 4.79 Å². The number of carbonyl (C=O) groups excluding carboxylic acids is 1. The molecule has 3 aromatic rings. The lowest BCUT2D eigenvalue weighted by molar-refractivity contribution is -0.148. The summed E-state index contributed by atoms with van der Waals surface area (Å²) in [4.78, 5) is 30.6. The quantitative estimate of drug-likeness (QED) is 0.690. The van der Waals surface area contributed by atoms with Crippen LogP contribution in [0.15, 0.2) is 30.5 Å². The third-order valence-electron chi connectivity index (χ3n) is 7.08. The number of aromatic amines is 1. The number of hydrogen-bond acceptors (Lipinski definition) is 4. The van der Waals surface area contributed by atoms with Gasteiger partial charge in [0.05, 0.1) is 5.41 Å². The third kappa shape index (κ3) is 3.68. The lowest BCUT2D eigenvalue weighted by Crippen LogP contribution is -2.53. The molecular formula is C25H31N5O. The second-order valence-corrected chi connectivity index (χ2v) is 9.41. The van der Waals surface area contributed by atoms with Crippen LogP contribution in [0.3, 0.4) is 0 Å². The van der Waals surface area contributed by atoms with Gasteiger partial charge in [-0.1, -0.05) is 11.6 Å². The van der Waals surface area contributed by atoms with Gasteiger partial charge in [-0.2, -0.15) is 0 Å². The second-order valence-electron chi connectivity index (χ2n) is 9.41. The highest BCUT2D eigenvalue weighted by Crippen LogP contribution is 2.42. The Hall–Kier alpha value is -2.89. The Morgan fingerprint density at radius 2 is 1.74 bits per heavy atom. The van der Waals surface area contributed by atoms with Gasteiger partial charge in [0.1, 0.15) is 0 Å². The summed E-state index contributed by atoms with van der Waals surface area (Å²) < 4.78 is 0. The number of aryl methyl sites for hydroxylation is 3. The van der Waals surface area contributed by atoms with Crippen LogP contribution in [0, 0.1) is 26.2 Å². The normalized spacial score (nSPS) is 18.9. The molecule has 0 unspecified atom stereocenters. The fraction of sp³-hybridized carbons (Fsp3) is 0.480. The number of rotatable bonds is 3. The van der Waals surface area contributed by atoms with Gasteiger partial charge in [0.2, 0.25) is 11.9 Å². The number of amides is 1. The maximum Gasteiger partial charge on any atom is 0.229 e. The van der Waals surface area contributed by atoms with Gasteiger partial charge in [-0.05, 0) is 70.2 Å². The zero-order valence-electron chi connectivity index (χ0n) is 18.7. The number of aromatic nitrogens is 3. The predicted molar refractivity (Wildman–Crippen MR) is 123 cm³/mol. The highest BCUT2D eigenvalue weighted by Gasteiger charge is 2.46. The van der Waals surface area contributed by atoms with Crippen molar-refractivity contribution in [3.05, 3.63) is 53.0 Å². The maximum atomic E-state index is 13.6. The molecule has 0 atom stereocenters. The van der Waals surface area contributed by atoms with Crippen molar-refractivity contribution in [2.24, 2.45) is 5.41 Å². The van der Waals surface area contributed by atoms with Crippen molar-refractivity contribution < 1.29 is 4.79 Å². The maximum absolute atomic E-state index is 13.6. The first kappa shape index (κ1) is 20.0. The Bertz CT molecular complexity index is 1110. The summed E-state index contributed by atoms with van der Waals surface area (Å²) in [6, 6.07) is 8.47. The molecule has 2 fully saturated rings. The van der Waals surface area contributed by atoms with E-state index in [2.05, 4.69) is 56.1 Å². The summed E-state index contributed by atoms with van der Waals surface area (Å²) in [7, 11) is 0. The van der Waals surface area contributed by atoms with E-state index in [4.69, 9.17) is 0 Å². The molecular weight excluding hydrogens is 386 g/mol. The molecule has 2 aliphatic heterocycles. The lowest BCUT2D eigenvalue weighted by atomic mass is 9.71. The average Bonchev–Trinajstić information content (AvgIpc) is 3.13. The predicted octanol–water partition coefficient (Wildman–Crippen LogP) is 4.29. The summed E-state index contributed by atoms with van der Waals surface area (Å²) in [5.41, 5.74) is 5.37. The SMILES string of the molecule is Cc1ccc2[nH]cc(CN3CCCC4(CCN(c5nc(C)cc(C)n5)CC4)C3=O)c2c1. The summed E-state index contributed by atoms with van der Waals surface area (Å²) >= 11 is 0. The Morgan fingerprint density at radius 1 is 1.00 bits per heavy atom. The minimum Gasteiger partial charge on any atom is -0.361 e. The van der Waals surface area contributed by atoms with E-state index in [1.54, 1.807) is 0 Å². The van der Waals surface area contributed by atoms with Crippen molar-refractivity contribution in [3.8, 4) is 0 Å². The Kier molecular flexibility index (Phi) is 4.95. The molecule has 162 valence electrons. The molecule has 1 amide bonds. The number of fused-ring (bicyclic) bond motifs is 1. The van der Waals surface area contributed by atoms with Gasteiger partial charge in [-0.25, -0.2) is 9.97 Å². The van der Waals surface area contributed by atoms with Crippen LogP contribution < -0.4 is 4.90 Å². The number of nitrogens with one attached hydrogen (secondary N) is 1. The van der Waals surface area contributed by atoms with Crippen molar-refractivity contribution >= 4 is 22.8 Å². The molecule has 2 saturated heterocycles. The van der Waals surface area contributed by atoms with Crippen molar-refractivity contribution in [2.75, 3.05) is 24.5 Å². The van der Waals surface area contributed by atoms with E-state index in [-0.39, 0.29) is 5.41 Å². The number of anilines is 1. The van der Waals surface area contributed by atoms with Crippen molar-refractivity contribution in [1.82, 2.24) is 19.9 Å². The molecule has 1 N–H and O–H groups in total. The van der Waals surface area contributed by atoms with Crippen LogP contribution in [0.1, 0.15) is 48.2 Å². The van der Waals surface area contributed by atoms with Gasteiger partial charge in [-0.3, -0.25) is 4.79 Å². The van der Waals surface area contributed by atoms with Crippen molar-refractivity contribution in [3.63, 3.8) is 0 Å². The van der Waals surface area contributed by atoms with Gasteiger partial charge in [0.15, 0.2) is 0 Å². The van der Waals surface area contributed by atoms with Crippen LogP contribution in [-0.2, 0) is 11.3 Å². The van der Waals surface area contributed by atoms with Crippen molar-refractivity contribution in [2.45, 2.75) is 53.0 Å². The van der Waals surface area contributed by atoms with E-state index in [0.29, 0.717) is 12.5 Å². The fourth-order valence-corrected chi connectivity index (χ4v) is 5.38. The summed E-state index contributed by atoms with van der Waals surface area (Å²) in [5, 5.41) is 1.23. The van der Waals surface area contributed by atoms with E-state index in [1.165, 1.54) is 16.5 Å². The molecule has 2 aliphatic rings. The number of H-pyrrole nitrogens is 1.